The van der Waals surface area contributed by atoms with Crippen LogP contribution in [0.4, 0.5) is 0 Å². The Bertz CT molecular complexity index is 1160. The van der Waals surface area contributed by atoms with E-state index in [1.165, 1.54) is 5.56 Å². The minimum absolute atomic E-state index is 0.488. The highest BCUT2D eigenvalue weighted by Gasteiger charge is 2.14. The maximum absolute atomic E-state index is 5.96. The number of rotatable bonds is 9. The molecule has 0 aliphatic carbocycles. The summed E-state index contributed by atoms with van der Waals surface area (Å²) in [6.07, 6.45) is 7.83. The van der Waals surface area contributed by atoms with Crippen LogP contribution in [-0.4, -0.2) is 39.0 Å². The van der Waals surface area contributed by atoms with Crippen LogP contribution in [0.3, 0.4) is 0 Å². The van der Waals surface area contributed by atoms with Crippen molar-refractivity contribution >= 4 is 8.07 Å². The molecule has 4 rings (SSSR count). The molecular formula is C25H31N5OSi. The van der Waals surface area contributed by atoms with E-state index in [9.17, 15) is 0 Å². The number of pyridine rings is 1. The Labute approximate surface area is 190 Å². The van der Waals surface area contributed by atoms with Crippen LogP contribution in [0.2, 0.25) is 25.7 Å². The third kappa shape index (κ3) is 5.81. The number of nitrogens with zero attached hydrogens (tertiary/aromatic N) is 5. The zero-order chi connectivity index (χ0) is 22.6. The van der Waals surface area contributed by atoms with Crippen molar-refractivity contribution in [3.05, 3.63) is 78.5 Å². The number of imidazole rings is 1. The van der Waals surface area contributed by atoms with Gasteiger partial charge in [-0.15, -0.1) is 0 Å². The molecule has 1 aromatic carbocycles. The van der Waals surface area contributed by atoms with Crippen LogP contribution in [0.15, 0.2) is 67.3 Å². The molecule has 0 saturated carbocycles. The number of hydrogen-bond acceptors (Lipinski definition) is 4. The summed E-state index contributed by atoms with van der Waals surface area (Å²) in [5.74, 6) is 0.828. The first-order valence-electron chi connectivity index (χ1n) is 11.0. The second kappa shape index (κ2) is 9.63. The largest absolute Gasteiger partial charge is 0.361 e. The van der Waals surface area contributed by atoms with Gasteiger partial charge in [-0.05, 0) is 36.2 Å². The van der Waals surface area contributed by atoms with Crippen molar-refractivity contribution < 1.29 is 4.74 Å². The molecule has 0 radical (unpaired) electrons. The molecule has 0 spiro atoms. The molecule has 6 nitrogen and oxygen atoms in total. The summed E-state index contributed by atoms with van der Waals surface area (Å²) in [5, 5.41) is 4.54. The normalized spacial score (nSPS) is 11.8. The first kappa shape index (κ1) is 22.2. The zero-order valence-corrected chi connectivity index (χ0v) is 20.3. The van der Waals surface area contributed by atoms with Gasteiger partial charge in [-0.1, -0.05) is 50.0 Å². The van der Waals surface area contributed by atoms with Crippen molar-refractivity contribution in [1.82, 2.24) is 24.3 Å². The SMILES string of the molecule is Cc1cn(COCC[Si](C)(C)C)c(-c2cc(-c3cnn(Cc4ccccc4)c3)ccn2)n1. The molecule has 0 bridgehead atoms. The van der Waals surface area contributed by atoms with Gasteiger partial charge in [0, 0.05) is 38.8 Å². The van der Waals surface area contributed by atoms with Crippen LogP contribution in [-0.2, 0) is 18.0 Å². The predicted octanol–water partition coefficient (Wildman–Crippen LogP) is 5.48. The number of benzene rings is 1. The first-order valence-corrected chi connectivity index (χ1v) is 14.7. The minimum Gasteiger partial charge on any atom is -0.361 e. The third-order valence-electron chi connectivity index (χ3n) is 5.27. The maximum atomic E-state index is 5.96. The fraction of sp³-hybridized carbons (Fsp3) is 0.320. The highest BCUT2D eigenvalue weighted by atomic mass is 28.3. The molecule has 7 heteroatoms. The van der Waals surface area contributed by atoms with E-state index in [2.05, 4.69) is 54.1 Å². The quantitative estimate of drug-likeness (QED) is 0.253. The minimum atomic E-state index is -1.11. The Kier molecular flexibility index (Phi) is 6.67. The highest BCUT2D eigenvalue weighted by molar-refractivity contribution is 6.76. The van der Waals surface area contributed by atoms with Gasteiger partial charge in [0.1, 0.15) is 12.4 Å². The van der Waals surface area contributed by atoms with Crippen LogP contribution in [0, 0.1) is 6.92 Å². The van der Waals surface area contributed by atoms with Gasteiger partial charge in [0.15, 0.2) is 5.82 Å². The lowest BCUT2D eigenvalue weighted by Gasteiger charge is -2.16. The third-order valence-corrected chi connectivity index (χ3v) is 6.97. The van der Waals surface area contributed by atoms with Gasteiger partial charge in [-0.2, -0.15) is 5.10 Å². The number of ether oxygens (including phenoxy) is 1. The summed E-state index contributed by atoms with van der Waals surface area (Å²) in [6.45, 7) is 11.1. The van der Waals surface area contributed by atoms with E-state index in [-0.39, 0.29) is 0 Å². The van der Waals surface area contributed by atoms with Gasteiger partial charge >= 0.3 is 0 Å². The van der Waals surface area contributed by atoms with Gasteiger partial charge < -0.3 is 9.30 Å². The first-order chi connectivity index (χ1) is 15.4. The molecule has 0 aliphatic rings. The molecule has 0 aliphatic heterocycles. The van der Waals surface area contributed by atoms with Crippen molar-refractivity contribution in [3.8, 4) is 22.6 Å². The average Bonchev–Trinajstić information content (AvgIpc) is 3.38. The van der Waals surface area contributed by atoms with Gasteiger partial charge in [0.2, 0.25) is 0 Å². The standard InChI is InChI=1S/C25H31N5OSi/c1-20-16-29(19-31-12-13-32(2,3)4)25(28-20)24-14-22(10-11-26-24)23-15-27-30(18-23)17-21-8-6-5-7-9-21/h5-11,14-16,18H,12-13,17,19H2,1-4H3. The Balaban J connectivity index is 1.50. The maximum Gasteiger partial charge on any atom is 0.160 e. The second-order valence-corrected chi connectivity index (χ2v) is 15.0. The van der Waals surface area contributed by atoms with Crippen molar-refractivity contribution in [2.75, 3.05) is 6.61 Å². The number of hydrogen-bond donors (Lipinski definition) is 0. The molecule has 0 N–H and O–H groups in total. The van der Waals surface area contributed by atoms with Crippen LogP contribution in [0.5, 0.6) is 0 Å². The van der Waals surface area contributed by atoms with Crippen LogP contribution in [0.1, 0.15) is 11.3 Å². The Morgan fingerprint density at radius 3 is 2.59 bits per heavy atom. The number of aryl methyl sites for hydroxylation is 1. The molecule has 3 heterocycles. The summed E-state index contributed by atoms with van der Waals surface area (Å²) in [5.41, 5.74) is 5.15. The van der Waals surface area contributed by atoms with E-state index in [1.807, 2.05) is 59.0 Å². The molecular weight excluding hydrogens is 414 g/mol. The lowest BCUT2D eigenvalue weighted by molar-refractivity contribution is 0.0882. The molecule has 0 unspecified atom stereocenters. The van der Waals surface area contributed by atoms with E-state index < -0.39 is 8.07 Å². The second-order valence-electron chi connectivity index (χ2n) is 9.37. The monoisotopic (exact) mass is 445 g/mol. The summed E-state index contributed by atoms with van der Waals surface area (Å²) >= 11 is 0. The molecule has 0 atom stereocenters. The topological polar surface area (TPSA) is 57.8 Å². The van der Waals surface area contributed by atoms with Gasteiger partial charge in [0.05, 0.1) is 18.4 Å². The van der Waals surface area contributed by atoms with Crippen molar-refractivity contribution in [3.63, 3.8) is 0 Å². The molecule has 0 saturated heterocycles. The Hall–Kier alpha value is -3.03. The summed E-state index contributed by atoms with van der Waals surface area (Å²) in [4.78, 5) is 9.30. The summed E-state index contributed by atoms with van der Waals surface area (Å²) in [6, 6.07) is 15.6. The van der Waals surface area contributed by atoms with E-state index in [4.69, 9.17) is 9.72 Å². The van der Waals surface area contributed by atoms with E-state index in [0.717, 1.165) is 47.5 Å². The van der Waals surface area contributed by atoms with E-state index >= 15 is 0 Å². The number of aromatic nitrogens is 5. The highest BCUT2D eigenvalue weighted by Crippen LogP contribution is 2.24. The fourth-order valence-electron chi connectivity index (χ4n) is 3.49. The molecule has 3 aromatic heterocycles. The molecule has 32 heavy (non-hydrogen) atoms. The molecule has 4 aromatic rings. The van der Waals surface area contributed by atoms with Crippen molar-refractivity contribution in [2.24, 2.45) is 0 Å². The fourth-order valence-corrected chi connectivity index (χ4v) is 4.25. The lowest BCUT2D eigenvalue weighted by Crippen LogP contribution is -2.22. The summed E-state index contributed by atoms with van der Waals surface area (Å²) < 4.78 is 9.97. The van der Waals surface area contributed by atoms with E-state index in [1.54, 1.807) is 0 Å². The smallest absolute Gasteiger partial charge is 0.160 e. The Morgan fingerprint density at radius 2 is 1.81 bits per heavy atom. The average molecular weight is 446 g/mol. The predicted molar refractivity (Wildman–Crippen MR) is 131 cm³/mol. The lowest BCUT2D eigenvalue weighted by atomic mass is 10.1. The van der Waals surface area contributed by atoms with E-state index in [0.29, 0.717) is 6.73 Å². The van der Waals surface area contributed by atoms with Gasteiger partial charge in [-0.25, -0.2) is 4.98 Å². The van der Waals surface area contributed by atoms with Gasteiger partial charge in [-0.3, -0.25) is 9.67 Å². The molecule has 0 amide bonds. The van der Waals surface area contributed by atoms with Crippen LogP contribution in [0.25, 0.3) is 22.6 Å². The van der Waals surface area contributed by atoms with Crippen LogP contribution < -0.4 is 0 Å². The zero-order valence-electron chi connectivity index (χ0n) is 19.3. The van der Waals surface area contributed by atoms with Crippen molar-refractivity contribution in [1.29, 1.82) is 0 Å². The Morgan fingerprint density at radius 1 is 1.00 bits per heavy atom. The molecule has 166 valence electrons. The van der Waals surface area contributed by atoms with Crippen LogP contribution >= 0.6 is 0 Å². The summed E-state index contributed by atoms with van der Waals surface area (Å²) in [7, 11) is -1.11. The molecule has 0 fully saturated rings. The van der Waals surface area contributed by atoms with Crippen molar-refractivity contribution in [2.45, 2.75) is 45.9 Å². The van der Waals surface area contributed by atoms with Gasteiger partial charge in [0.25, 0.3) is 0 Å².